The molecular weight excluding hydrogens is 204 g/mol. The first kappa shape index (κ1) is 9.97. The van der Waals surface area contributed by atoms with Gasteiger partial charge in [0.05, 0.1) is 17.5 Å². The highest BCUT2D eigenvalue weighted by atomic mass is 35.5. The van der Waals surface area contributed by atoms with Crippen LogP contribution < -0.4 is 5.32 Å². The summed E-state index contributed by atoms with van der Waals surface area (Å²) in [5.41, 5.74) is 0.852. The summed E-state index contributed by atoms with van der Waals surface area (Å²) in [4.78, 5) is 0.518. The second-order valence-electron chi connectivity index (χ2n) is 2.39. The average molecular weight is 211 g/mol. The van der Waals surface area contributed by atoms with Crippen molar-refractivity contribution in [2.45, 2.75) is 6.42 Å². The lowest BCUT2D eigenvalue weighted by Gasteiger charge is -2.03. The van der Waals surface area contributed by atoms with Crippen LogP contribution in [-0.2, 0) is 0 Å². The normalized spacial score (nSPS) is 8.92. The van der Waals surface area contributed by atoms with E-state index in [1.807, 2.05) is 18.2 Å². The summed E-state index contributed by atoms with van der Waals surface area (Å²) < 4.78 is 0. The molecule has 0 bridgehead atoms. The van der Waals surface area contributed by atoms with Crippen molar-refractivity contribution in [1.82, 2.24) is 0 Å². The van der Waals surface area contributed by atoms with Crippen molar-refractivity contribution in [2.24, 2.45) is 0 Å². The Morgan fingerprint density at radius 1 is 1.46 bits per heavy atom. The van der Waals surface area contributed by atoms with Gasteiger partial charge in [0.25, 0.3) is 0 Å². The lowest BCUT2D eigenvalue weighted by molar-refractivity contribution is 1.41. The maximum atomic E-state index is 8.36. The molecule has 0 aromatic heterocycles. The number of nitrogens with zero attached hydrogens (tertiary/aromatic N) is 1. The summed E-state index contributed by atoms with van der Waals surface area (Å²) in [6.45, 7) is 0. The molecule has 0 spiro atoms. The van der Waals surface area contributed by atoms with Crippen LogP contribution in [0.5, 0.6) is 0 Å². The summed E-state index contributed by atoms with van der Waals surface area (Å²) in [7, 11) is 0. The molecule has 0 heterocycles. The van der Waals surface area contributed by atoms with Crippen LogP contribution in [0.15, 0.2) is 24.3 Å². The highest BCUT2D eigenvalue weighted by molar-refractivity contribution is 7.80. The second kappa shape index (κ2) is 4.80. The van der Waals surface area contributed by atoms with Gasteiger partial charge in [-0.25, -0.2) is 0 Å². The summed E-state index contributed by atoms with van der Waals surface area (Å²) in [6.07, 6.45) is 0.234. The van der Waals surface area contributed by atoms with Crippen molar-refractivity contribution in [1.29, 1.82) is 5.26 Å². The van der Waals surface area contributed by atoms with E-state index in [9.17, 15) is 0 Å². The van der Waals surface area contributed by atoms with Gasteiger partial charge in [0, 0.05) is 10.7 Å². The van der Waals surface area contributed by atoms with Gasteiger partial charge in [-0.15, -0.1) is 0 Å². The minimum absolute atomic E-state index is 0.234. The van der Waals surface area contributed by atoms with E-state index in [2.05, 4.69) is 5.32 Å². The van der Waals surface area contributed by atoms with Gasteiger partial charge in [0.2, 0.25) is 0 Å². The molecule has 0 aliphatic rings. The van der Waals surface area contributed by atoms with Crippen LogP contribution in [0.1, 0.15) is 6.42 Å². The summed E-state index contributed by atoms with van der Waals surface area (Å²) >= 11 is 10.6. The predicted octanol–water partition coefficient (Wildman–Crippen LogP) is 2.99. The highest BCUT2D eigenvalue weighted by Gasteiger charge is 1.96. The van der Waals surface area contributed by atoms with Crippen LogP contribution in [-0.4, -0.2) is 4.99 Å². The minimum atomic E-state index is 0.234. The third kappa shape index (κ3) is 3.41. The molecule has 0 aliphatic heterocycles. The number of anilines is 1. The van der Waals surface area contributed by atoms with Crippen molar-refractivity contribution in [2.75, 3.05) is 5.32 Å². The van der Waals surface area contributed by atoms with E-state index in [-0.39, 0.29) is 6.42 Å². The van der Waals surface area contributed by atoms with Crippen molar-refractivity contribution >= 4 is 34.5 Å². The van der Waals surface area contributed by atoms with E-state index < -0.39 is 0 Å². The number of halogens is 1. The summed E-state index contributed by atoms with van der Waals surface area (Å²) in [5, 5.41) is 12.0. The van der Waals surface area contributed by atoms with Gasteiger partial charge in [0.1, 0.15) is 0 Å². The lowest BCUT2D eigenvalue weighted by Crippen LogP contribution is -2.07. The molecule has 1 rings (SSSR count). The topological polar surface area (TPSA) is 35.8 Å². The van der Waals surface area contributed by atoms with E-state index in [1.54, 1.807) is 12.1 Å². The molecule has 0 atom stereocenters. The van der Waals surface area contributed by atoms with Gasteiger partial charge in [0.15, 0.2) is 0 Å². The molecule has 0 amide bonds. The first-order valence-electron chi connectivity index (χ1n) is 3.65. The van der Waals surface area contributed by atoms with Crippen molar-refractivity contribution < 1.29 is 0 Å². The van der Waals surface area contributed by atoms with Crippen LogP contribution >= 0.6 is 23.8 Å². The zero-order valence-corrected chi connectivity index (χ0v) is 8.32. The number of thiocarbonyl (C=S) groups is 1. The first-order chi connectivity index (χ1) is 6.22. The number of hydrogen-bond donors (Lipinski definition) is 1. The Hall–Kier alpha value is -1.11. The van der Waals surface area contributed by atoms with Gasteiger partial charge in [-0.3, -0.25) is 0 Å². The molecule has 0 fully saturated rings. The fourth-order valence-electron chi connectivity index (χ4n) is 0.810. The molecule has 66 valence electrons. The second-order valence-corrected chi connectivity index (χ2v) is 3.32. The molecule has 0 radical (unpaired) electrons. The molecule has 2 nitrogen and oxygen atoms in total. The number of benzene rings is 1. The summed E-state index contributed by atoms with van der Waals surface area (Å²) in [5.74, 6) is 0. The predicted molar refractivity (Wildman–Crippen MR) is 57.9 cm³/mol. The average Bonchev–Trinajstić information content (AvgIpc) is 2.09. The molecule has 1 aromatic carbocycles. The molecule has 0 unspecified atom stereocenters. The van der Waals surface area contributed by atoms with Gasteiger partial charge in [-0.05, 0) is 24.3 Å². The molecule has 4 heteroatoms. The molecule has 0 saturated carbocycles. The van der Waals surface area contributed by atoms with Crippen LogP contribution in [0.2, 0.25) is 5.02 Å². The van der Waals surface area contributed by atoms with Crippen LogP contribution in [0.3, 0.4) is 0 Å². The van der Waals surface area contributed by atoms with Gasteiger partial charge in [-0.2, -0.15) is 5.26 Å². The van der Waals surface area contributed by atoms with Crippen LogP contribution in [0.25, 0.3) is 0 Å². The molecule has 0 saturated heterocycles. The Bertz CT molecular complexity index is 340. The fourth-order valence-corrected chi connectivity index (χ4v) is 1.12. The van der Waals surface area contributed by atoms with Gasteiger partial charge in [-0.1, -0.05) is 23.8 Å². The van der Waals surface area contributed by atoms with Crippen molar-refractivity contribution in [3.05, 3.63) is 29.3 Å². The molecule has 13 heavy (non-hydrogen) atoms. The van der Waals surface area contributed by atoms with Crippen molar-refractivity contribution in [3.63, 3.8) is 0 Å². The highest BCUT2D eigenvalue weighted by Crippen LogP contribution is 2.13. The number of hydrogen-bond acceptors (Lipinski definition) is 2. The molecular formula is C9H7ClN2S. The number of rotatable bonds is 2. The monoisotopic (exact) mass is 210 g/mol. The summed E-state index contributed by atoms with van der Waals surface area (Å²) in [6, 6.07) is 9.12. The zero-order valence-electron chi connectivity index (χ0n) is 6.75. The quantitative estimate of drug-likeness (QED) is 0.763. The van der Waals surface area contributed by atoms with Gasteiger partial charge < -0.3 is 5.32 Å². The Morgan fingerprint density at radius 3 is 2.62 bits per heavy atom. The molecule has 0 aliphatic carbocycles. The fraction of sp³-hybridized carbons (Fsp3) is 0.111. The number of nitrogens with one attached hydrogen (secondary N) is 1. The van der Waals surface area contributed by atoms with Crippen molar-refractivity contribution in [3.8, 4) is 6.07 Å². The Balaban J connectivity index is 2.60. The van der Waals surface area contributed by atoms with E-state index in [0.29, 0.717) is 10.0 Å². The SMILES string of the molecule is N#CCC(=S)Nc1ccc(Cl)cc1. The Labute approximate surface area is 87.1 Å². The van der Waals surface area contributed by atoms with E-state index in [4.69, 9.17) is 29.1 Å². The van der Waals surface area contributed by atoms with E-state index in [1.165, 1.54) is 0 Å². The smallest absolute Gasteiger partial charge is 0.0939 e. The maximum Gasteiger partial charge on any atom is 0.0939 e. The zero-order chi connectivity index (χ0) is 9.68. The third-order valence-electron chi connectivity index (χ3n) is 1.37. The molecule has 1 N–H and O–H groups in total. The van der Waals surface area contributed by atoms with Gasteiger partial charge >= 0.3 is 0 Å². The lowest BCUT2D eigenvalue weighted by atomic mass is 10.3. The maximum absolute atomic E-state index is 8.36. The number of nitriles is 1. The Morgan fingerprint density at radius 2 is 2.08 bits per heavy atom. The minimum Gasteiger partial charge on any atom is -0.349 e. The Kier molecular flexibility index (Phi) is 3.69. The van der Waals surface area contributed by atoms with Crippen LogP contribution in [0, 0.1) is 11.3 Å². The standard InChI is InChI=1S/C9H7ClN2S/c10-7-1-3-8(4-2-7)12-9(13)5-6-11/h1-4H,5H2,(H,12,13). The largest absolute Gasteiger partial charge is 0.349 e. The van der Waals surface area contributed by atoms with E-state index >= 15 is 0 Å². The van der Waals surface area contributed by atoms with E-state index in [0.717, 1.165) is 5.69 Å². The first-order valence-corrected chi connectivity index (χ1v) is 4.43. The van der Waals surface area contributed by atoms with Crippen LogP contribution in [0.4, 0.5) is 5.69 Å². The third-order valence-corrected chi connectivity index (χ3v) is 1.87. The molecule has 1 aromatic rings.